The van der Waals surface area contributed by atoms with Gasteiger partial charge in [0.1, 0.15) is 0 Å². The molecule has 0 atom stereocenters. The maximum absolute atomic E-state index is 12.8. The van der Waals surface area contributed by atoms with Gasteiger partial charge in [0, 0.05) is 25.4 Å². The standard InChI is InChI=1S/C20H18F3N3O/c1-25(13-16-12-24-26(14-16)18-8-3-2-4-9-18)19(27)11-15-6-5-7-17(10-15)20(21,22)23/h2-10,12,14H,11,13H2,1H3. The third-order valence-electron chi connectivity index (χ3n) is 4.11. The van der Waals surface area contributed by atoms with Gasteiger partial charge in [0.05, 0.1) is 23.9 Å². The summed E-state index contributed by atoms with van der Waals surface area (Å²) in [6.07, 6.45) is -1.02. The molecular weight excluding hydrogens is 355 g/mol. The van der Waals surface area contributed by atoms with E-state index in [-0.39, 0.29) is 12.3 Å². The zero-order valence-corrected chi connectivity index (χ0v) is 14.6. The van der Waals surface area contributed by atoms with Gasteiger partial charge in [0.2, 0.25) is 5.91 Å². The van der Waals surface area contributed by atoms with Crippen molar-refractivity contribution in [3.8, 4) is 5.69 Å². The van der Waals surface area contributed by atoms with Crippen LogP contribution in [0.2, 0.25) is 0 Å². The van der Waals surface area contributed by atoms with Crippen molar-refractivity contribution in [1.82, 2.24) is 14.7 Å². The molecule has 27 heavy (non-hydrogen) atoms. The fourth-order valence-corrected chi connectivity index (χ4v) is 2.69. The van der Waals surface area contributed by atoms with Gasteiger partial charge in [-0.05, 0) is 23.8 Å². The first-order valence-corrected chi connectivity index (χ1v) is 8.32. The maximum Gasteiger partial charge on any atom is 0.416 e. The molecular formula is C20H18F3N3O. The molecule has 140 valence electrons. The highest BCUT2D eigenvalue weighted by molar-refractivity contribution is 5.78. The summed E-state index contributed by atoms with van der Waals surface area (Å²) < 4.78 is 40.1. The first-order chi connectivity index (χ1) is 12.8. The normalized spacial score (nSPS) is 11.4. The van der Waals surface area contributed by atoms with E-state index in [4.69, 9.17) is 0 Å². The van der Waals surface area contributed by atoms with Gasteiger partial charge in [-0.1, -0.05) is 36.4 Å². The van der Waals surface area contributed by atoms with Gasteiger partial charge in [-0.15, -0.1) is 0 Å². The lowest BCUT2D eigenvalue weighted by Crippen LogP contribution is -2.27. The van der Waals surface area contributed by atoms with E-state index in [1.54, 1.807) is 17.9 Å². The van der Waals surface area contributed by atoms with E-state index >= 15 is 0 Å². The predicted molar refractivity (Wildman–Crippen MR) is 95.2 cm³/mol. The SMILES string of the molecule is CN(Cc1cnn(-c2ccccc2)c1)C(=O)Cc1cccc(C(F)(F)F)c1. The van der Waals surface area contributed by atoms with Crippen LogP contribution >= 0.6 is 0 Å². The monoisotopic (exact) mass is 373 g/mol. The van der Waals surface area contributed by atoms with Gasteiger partial charge >= 0.3 is 6.18 Å². The summed E-state index contributed by atoms with van der Waals surface area (Å²) in [4.78, 5) is 13.9. The van der Waals surface area contributed by atoms with Gasteiger partial charge in [-0.25, -0.2) is 4.68 Å². The van der Waals surface area contributed by atoms with E-state index < -0.39 is 11.7 Å². The van der Waals surface area contributed by atoms with Crippen LogP contribution in [0, 0.1) is 0 Å². The fraction of sp³-hybridized carbons (Fsp3) is 0.200. The zero-order chi connectivity index (χ0) is 19.4. The highest BCUT2D eigenvalue weighted by Crippen LogP contribution is 2.29. The van der Waals surface area contributed by atoms with Crippen LogP contribution in [0.15, 0.2) is 67.0 Å². The minimum atomic E-state index is -4.42. The summed E-state index contributed by atoms with van der Waals surface area (Å²) in [5.41, 5.74) is 1.32. The number of carbonyl (C=O) groups is 1. The molecule has 7 heteroatoms. The van der Waals surface area contributed by atoms with Crippen molar-refractivity contribution < 1.29 is 18.0 Å². The number of nitrogens with zero attached hydrogens (tertiary/aromatic N) is 3. The van der Waals surface area contributed by atoms with Crippen LogP contribution in [0.4, 0.5) is 13.2 Å². The molecule has 0 radical (unpaired) electrons. The van der Waals surface area contributed by atoms with Crippen molar-refractivity contribution in [2.75, 3.05) is 7.05 Å². The summed E-state index contributed by atoms with van der Waals surface area (Å²) in [5.74, 6) is -0.262. The number of para-hydroxylation sites is 1. The van der Waals surface area contributed by atoms with E-state index in [2.05, 4.69) is 5.10 Å². The molecule has 1 aromatic heterocycles. The van der Waals surface area contributed by atoms with E-state index in [0.717, 1.165) is 23.4 Å². The predicted octanol–water partition coefficient (Wildman–Crippen LogP) is 4.09. The molecule has 0 saturated carbocycles. The number of hydrogen-bond acceptors (Lipinski definition) is 2. The van der Waals surface area contributed by atoms with Crippen LogP contribution in [0.5, 0.6) is 0 Å². The number of aromatic nitrogens is 2. The van der Waals surface area contributed by atoms with Crippen molar-refractivity contribution in [2.24, 2.45) is 0 Å². The molecule has 2 aromatic carbocycles. The molecule has 3 rings (SSSR count). The zero-order valence-electron chi connectivity index (χ0n) is 14.6. The molecule has 0 spiro atoms. The number of benzene rings is 2. The molecule has 0 saturated heterocycles. The van der Waals surface area contributed by atoms with Crippen LogP contribution in [0.1, 0.15) is 16.7 Å². The second kappa shape index (κ2) is 7.65. The highest BCUT2D eigenvalue weighted by atomic mass is 19.4. The molecule has 1 amide bonds. The van der Waals surface area contributed by atoms with Gasteiger partial charge in [-0.2, -0.15) is 18.3 Å². The number of halogens is 3. The number of rotatable bonds is 5. The third-order valence-corrected chi connectivity index (χ3v) is 4.11. The maximum atomic E-state index is 12.8. The molecule has 0 bridgehead atoms. The average molecular weight is 373 g/mol. The summed E-state index contributed by atoms with van der Waals surface area (Å²) in [6.45, 7) is 0.324. The van der Waals surface area contributed by atoms with Gasteiger partial charge in [0.15, 0.2) is 0 Å². The van der Waals surface area contributed by atoms with Crippen molar-refractivity contribution in [2.45, 2.75) is 19.1 Å². The lowest BCUT2D eigenvalue weighted by molar-refractivity contribution is -0.138. The number of hydrogen-bond donors (Lipinski definition) is 0. The number of amides is 1. The van der Waals surface area contributed by atoms with Crippen LogP contribution in [0.3, 0.4) is 0 Å². The summed E-state index contributed by atoms with van der Waals surface area (Å²) in [7, 11) is 1.62. The topological polar surface area (TPSA) is 38.1 Å². The van der Waals surface area contributed by atoms with Crippen molar-refractivity contribution in [3.63, 3.8) is 0 Å². The summed E-state index contributed by atoms with van der Waals surface area (Å²) in [6, 6.07) is 14.4. The lowest BCUT2D eigenvalue weighted by atomic mass is 10.1. The van der Waals surface area contributed by atoms with Crippen molar-refractivity contribution in [1.29, 1.82) is 0 Å². The van der Waals surface area contributed by atoms with E-state index in [1.165, 1.54) is 17.0 Å². The van der Waals surface area contributed by atoms with E-state index in [0.29, 0.717) is 12.1 Å². The van der Waals surface area contributed by atoms with Crippen LogP contribution < -0.4 is 0 Å². The first kappa shape index (κ1) is 18.7. The van der Waals surface area contributed by atoms with Gasteiger partial charge in [-0.3, -0.25) is 4.79 Å². The largest absolute Gasteiger partial charge is 0.416 e. The number of likely N-dealkylation sites (N-methyl/N-ethyl adjacent to an activating group) is 1. The first-order valence-electron chi connectivity index (χ1n) is 8.32. The Balaban J connectivity index is 1.64. The van der Waals surface area contributed by atoms with Crippen LogP contribution in [0.25, 0.3) is 5.69 Å². The second-order valence-corrected chi connectivity index (χ2v) is 6.25. The molecule has 0 aliphatic heterocycles. The van der Waals surface area contributed by atoms with Crippen LogP contribution in [-0.2, 0) is 23.9 Å². The smallest absolute Gasteiger partial charge is 0.341 e. The second-order valence-electron chi connectivity index (χ2n) is 6.25. The van der Waals surface area contributed by atoms with Crippen molar-refractivity contribution >= 4 is 5.91 Å². The Morgan fingerprint density at radius 2 is 1.81 bits per heavy atom. The lowest BCUT2D eigenvalue weighted by Gasteiger charge is -2.16. The minimum absolute atomic E-state index is 0.0900. The molecule has 0 aliphatic rings. The summed E-state index contributed by atoms with van der Waals surface area (Å²) >= 11 is 0. The van der Waals surface area contributed by atoms with Crippen LogP contribution in [-0.4, -0.2) is 27.6 Å². The Morgan fingerprint density at radius 1 is 1.07 bits per heavy atom. The molecule has 0 unspecified atom stereocenters. The van der Waals surface area contributed by atoms with Gasteiger partial charge < -0.3 is 4.90 Å². The molecule has 0 fully saturated rings. The minimum Gasteiger partial charge on any atom is -0.341 e. The highest BCUT2D eigenvalue weighted by Gasteiger charge is 2.30. The molecule has 1 heterocycles. The Bertz CT molecular complexity index is 919. The summed E-state index contributed by atoms with van der Waals surface area (Å²) in [5, 5.41) is 4.28. The molecule has 0 N–H and O–H groups in total. The Hall–Kier alpha value is -3.09. The van der Waals surface area contributed by atoms with Gasteiger partial charge in [0.25, 0.3) is 0 Å². The Kier molecular flexibility index (Phi) is 5.30. The fourth-order valence-electron chi connectivity index (χ4n) is 2.69. The van der Waals surface area contributed by atoms with E-state index in [1.807, 2.05) is 36.5 Å². The number of carbonyl (C=O) groups excluding carboxylic acids is 1. The Labute approximate surface area is 154 Å². The Morgan fingerprint density at radius 3 is 2.52 bits per heavy atom. The quantitative estimate of drug-likeness (QED) is 0.676. The molecule has 0 aliphatic carbocycles. The molecule has 4 nitrogen and oxygen atoms in total. The molecule has 3 aromatic rings. The van der Waals surface area contributed by atoms with E-state index in [9.17, 15) is 18.0 Å². The van der Waals surface area contributed by atoms with Crippen molar-refractivity contribution in [3.05, 3.63) is 83.7 Å². The number of alkyl halides is 3. The average Bonchev–Trinajstić information content (AvgIpc) is 3.10. The third kappa shape index (κ3) is 4.75.